The molecule has 0 heterocycles. The van der Waals surface area contributed by atoms with Crippen molar-refractivity contribution in [2.45, 2.75) is 70.1 Å². The maximum atomic E-state index is 13.4. The molecule has 0 nitrogen and oxygen atoms in total. The van der Waals surface area contributed by atoms with E-state index in [1.165, 1.54) is 19.3 Å². The van der Waals surface area contributed by atoms with Crippen LogP contribution in [0.2, 0.25) is 0 Å². The zero-order chi connectivity index (χ0) is 14.5. The quantitative estimate of drug-likeness (QED) is 0.558. The van der Waals surface area contributed by atoms with E-state index < -0.39 is 30.6 Å². The Bertz CT molecular complexity index is 349. The molecule has 116 valence electrons. The zero-order valence-corrected chi connectivity index (χ0v) is 12.1. The van der Waals surface area contributed by atoms with Crippen molar-refractivity contribution >= 4 is 0 Å². The first-order chi connectivity index (χ1) is 9.28. The van der Waals surface area contributed by atoms with Crippen molar-refractivity contribution in [2.75, 3.05) is 0 Å². The lowest BCUT2D eigenvalue weighted by Crippen LogP contribution is -2.33. The Labute approximate surface area is 118 Å². The molecule has 3 fully saturated rings. The van der Waals surface area contributed by atoms with Crippen molar-refractivity contribution in [3.63, 3.8) is 0 Å². The molecule has 0 bridgehead atoms. The van der Waals surface area contributed by atoms with Gasteiger partial charge in [0, 0.05) is 12.8 Å². The summed E-state index contributed by atoms with van der Waals surface area (Å²) in [6, 6.07) is 0. The van der Waals surface area contributed by atoms with Crippen molar-refractivity contribution in [2.24, 2.45) is 29.6 Å². The standard InChI is InChI=1S/C16H24F4/c1-10-2-3-12-7-13(5-4-11(12)6-10)14-8-15(17,18)16(19,20)9-14/h10-14H,2-9H2,1H3. The molecule has 0 saturated heterocycles. The first-order valence-corrected chi connectivity index (χ1v) is 8.04. The average molecular weight is 292 g/mol. The Balaban J connectivity index is 1.63. The molecule has 0 aromatic rings. The highest BCUT2D eigenvalue weighted by molar-refractivity contribution is 4.99. The molecule has 4 unspecified atom stereocenters. The van der Waals surface area contributed by atoms with Gasteiger partial charge in [0.2, 0.25) is 0 Å². The Morgan fingerprint density at radius 1 is 0.650 bits per heavy atom. The van der Waals surface area contributed by atoms with Crippen LogP contribution in [0.5, 0.6) is 0 Å². The monoisotopic (exact) mass is 292 g/mol. The van der Waals surface area contributed by atoms with E-state index in [-0.39, 0.29) is 5.92 Å². The van der Waals surface area contributed by atoms with E-state index in [4.69, 9.17) is 0 Å². The van der Waals surface area contributed by atoms with Crippen LogP contribution >= 0.6 is 0 Å². The average Bonchev–Trinajstić information content (AvgIpc) is 2.58. The number of fused-ring (bicyclic) bond motifs is 1. The van der Waals surface area contributed by atoms with Gasteiger partial charge in [-0.05, 0) is 61.7 Å². The van der Waals surface area contributed by atoms with E-state index in [2.05, 4.69) is 6.92 Å². The normalized spacial score (nSPS) is 44.2. The van der Waals surface area contributed by atoms with Crippen molar-refractivity contribution in [1.82, 2.24) is 0 Å². The molecule has 3 rings (SSSR count). The highest BCUT2D eigenvalue weighted by Crippen LogP contribution is 2.56. The third-order valence-corrected chi connectivity index (χ3v) is 6.15. The van der Waals surface area contributed by atoms with Gasteiger partial charge in [0.25, 0.3) is 0 Å². The highest BCUT2D eigenvalue weighted by Gasteiger charge is 2.64. The summed E-state index contributed by atoms with van der Waals surface area (Å²) in [4.78, 5) is 0. The van der Waals surface area contributed by atoms with Crippen LogP contribution < -0.4 is 0 Å². The van der Waals surface area contributed by atoms with Crippen LogP contribution in [0.15, 0.2) is 0 Å². The molecule has 0 aromatic heterocycles. The van der Waals surface area contributed by atoms with E-state index in [1.807, 2.05) is 0 Å². The fourth-order valence-corrected chi connectivity index (χ4v) is 4.95. The summed E-state index contributed by atoms with van der Waals surface area (Å²) in [6.45, 7) is 2.28. The minimum atomic E-state index is -3.78. The van der Waals surface area contributed by atoms with Gasteiger partial charge in [-0.3, -0.25) is 0 Å². The number of alkyl halides is 4. The summed E-state index contributed by atoms with van der Waals surface area (Å²) < 4.78 is 53.4. The van der Waals surface area contributed by atoms with Gasteiger partial charge in [-0.15, -0.1) is 0 Å². The second-order valence-electron chi connectivity index (χ2n) is 7.59. The lowest BCUT2D eigenvalue weighted by molar-refractivity contribution is -0.185. The van der Waals surface area contributed by atoms with Gasteiger partial charge in [0.1, 0.15) is 0 Å². The van der Waals surface area contributed by atoms with Crippen LogP contribution in [-0.4, -0.2) is 11.8 Å². The van der Waals surface area contributed by atoms with Gasteiger partial charge in [-0.1, -0.05) is 13.3 Å². The SMILES string of the molecule is CC1CCC2CC(C3CC(F)(F)C(F)(F)C3)CCC2C1. The Morgan fingerprint density at radius 3 is 1.70 bits per heavy atom. The molecule has 3 aliphatic rings. The van der Waals surface area contributed by atoms with Crippen molar-refractivity contribution in [3.8, 4) is 0 Å². The maximum Gasteiger partial charge on any atom is 0.310 e. The molecule has 0 spiro atoms. The molecule has 3 saturated carbocycles. The second-order valence-corrected chi connectivity index (χ2v) is 7.59. The maximum absolute atomic E-state index is 13.4. The third kappa shape index (κ3) is 2.48. The third-order valence-electron chi connectivity index (χ3n) is 6.15. The van der Waals surface area contributed by atoms with E-state index in [0.717, 1.165) is 31.1 Å². The number of hydrogen-bond acceptors (Lipinski definition) is 0. The van der Waals surface area contributed by atoms with Crippen molar-refractivity contribution < 1.29 is 17.6 Å². The molecule has 0 aromatic carbocycles. The van der Waals surface area contributed by atoms with Crippen molar-refractivity contribution in [3.05, 3.63) is 0 Å². The summed E-state index contributed by atoms with van der Waals surface area (Å²) in [5.41, 5.74) is 0. The summed E-state index contributed by atoms with van der Waals surface area (Å²) in [6.07, 6.45) is 5.28. The summed E-state index contributed by atoms with van der Waals surface area (Å²) in [5.74, 6) is -5.84. The van der Waals surface area contributed by atoms with Crippen LogP contribution in [0.3, 0.4) is 0 Å². The van der Waals surface area contributed by atoms with Crippen LogP contribution in [-0.2, 0) is 0 Å². The summed E-state index contributed by atoms with van der Waals surface area (Å²) in [5, 5.41) is 0. The highest BCUT2D eigenvalue weighted by atomic mass is 19.3. The Kier molecular flexibility index (Phi) is 3.57. The first kappa shape index (κ1) is 14.6. The smallest absolute Gasteiger partial charge is 0.200 e. The molecule has 0 aliphatic heterocycles. The minimum Gasteiger partial charge on any atom is -0.200 e. The first-order valence-electron chi connectivity index (χ1n) is 8.04. The van der Waals surface area contributed by atoms with Gasteiger partial charge in [-0.2, -0.15) is 17.6 Å². The van der Waals surface area contributed by atoms with Gasteiger partial charge < -0.3 is 0 Å². The van der Waals surface area contributed by atoms with E-state index in [0.29, 0.717) is 5.92 Å². The Morgan fingerprint density at radius 2 is 1.10 bits per heavy atom. The summed E-state index contributed by atoms with van der Waals surface area (Å²) in [7, 11) is 0. The van der Waals surface area contributed by atoms with Crippen LogP contribution in [0, 0.1) is 29.6 Å². The molecule has 3 aliphatic carbocycles. The predicted molar refractivity (Wildman–Crippen MR) is 70.0 cm³/mol. The summed E-state index contributed by atoms with van der Waals surface area (Å²) >= 11 is 0. The fourth-order valence-electron chi connectivity index (χ4n) is 4.95. The van der Waals surface area contributed by atoms with Crippen LogP contribution in [0.1, 0.15) is 58.3 Å². The predicted octanol–water partition coefficient (Wildman–Crippen LogP) is 5.52. The lowest BCUT2D eigenvalue weighted by Gasteiger charge is -2.43. The largest absolute Gasteiger partial charge is 0.310 e. The molecule has 0 amide bonds. The number of halogens is 4. The fraction of sp³-hybridized carbons (Fsp3) is 1.00. The molecular formula is C16H24F4. The molecule has 4 atom stereocenters. The topological polar surface area (TPSA) is 0 Å². The van der Waals surface area contributed by atoms with Crippen LogP contribution in [0.4, 0.5) is 17.6 Å². The van der Waals surface area contributed by atoms with E-state index >= 15 is 0 Å². The zero-order valence-electron chi connectivity index (χ0n) is 12.1. The second kappa shape index (κ2) is 4.88. The minimum absolute atomic E-state index is 0.101. The molecular weight excluding hydrogens is 268 g/mol. The molecule has 0 radical (unpaired) electrons. The van der Waals surface area contributed by atoms with E-state index in [9.17, 15) is 17.6 Å². The van der Waals surface area contributed by atoms with Gasteiger partial charge >= 0.3 is 11.8 Å². The van der Waals surface area contributed by atoms with Gasteiger partial charge in [0.05, 0.1) is 0 Å². The van der Waals surface area contributed by atoms with Gasteiger partial charge in [0.15, 0.2) is 0 Å². The molecule has 20 heavy (non-hydrogen) atoms. The van der Waals surface area contributed by atoms with Crippen molar-refractivity contribution in [1.29, 1.82) is 0 Å². The lowest BCUT2D eigenvalue weighted by atomic mass is 9.63. The Hall–Kier alpha value is -0.280. The number of hydrogen-bond donors (Lipinski definition) is 0. The van der Waals surface area contributed by atoms with E-state index in [1.54, 1.807) is 0 Å². The number of rotatable bonds is 1. The molecule has 4 heteroatoms. The van der Waals surface area contributed by atoms with Crippen LogP contribution in [0.25, 0.3) is 0 Å². The van der Waals surface area contributed by atoms with Gasteiger partial charge in [-0.25, -0.2) is 0 Å². The molecule has 0 N–H and O–H groups in total.